The molecule has 2 aromatic heterocycles. The summed E-state index contributed by atoms with van der Waals surface area (Å²) in [4.78, 5) is 31.1. The Morgan fingerprint density at radius 2 is 2.24 bits per heavy atom. The van der Waals surface area contributed by atoms with E-state index >= 15 is 0 Å². The number of aromatic nitrogens is 3. The lowest BCUT2D eigenvalue weighted by Crippen LogP contribution is -2.40. The Morgan fingerprint density at radius 3 is 2.92 bits per heavy atom. The Labute approximate surface area is 149 Å². The molecule has 0 radical (unpaired) electrons. The third-order valence-electron chi connectivity index (χ3n) is 3.83. The average Bonchev–Trinajstić information content (AvgIpc) is 3.11. The van der Waals surface area contributed by atoms with Gasteiger partial charge in [-0.15, -0.1) is 5.10 Å². The molecule has 1 fully saturated rings. The lowest BCUT2D eigenvalue weighted by Gasteiger charge is -2.21. The fourth-order valence-electron chi connectivity index (χ4n) is 2.68. The summed E-state index contributed by atoms with van der Waals surface area (Å²) in [5.74, 6) is 0. The maximum absolute atomic E-state index is 12.1. The minimum Gasteiger partial charge on any atom is -0.444 e. The Kier molecular flexibility index (Phi) is 4.68. The molecule has 0 aromatic carbocycles. The van der Waals surface area contributed by atoms with Crippen LogP contribution in [0.1, 0.15) is 39.8 Å². The van der Waals surface area contributed by atoms with Crippen LogP contribution in [0.15, 0.2) is 10.9 Å². The number of fused-ring (bicyclic) bond motifs is 1. The van der Waals surface area contributed by atoms with Gasteiger partial charge in [-0.1, -0.05) is 18.3 Å². The number of rotatable bonds is 3. The van der Waals surface area contributed by atoms with Gasteiger partial charge in [0.25, 0.3) is 5.56 Å². The van der Waals surface area contributed by atoms with E-state index in [9.17, 15) is 9.59 Å². The van der Waals surface area contributed by atoms with E-state index in [0.29, 0.717) is 17.9 Å². The van der Waals surface area contributed by atoms with Gasteiger partial charge < -0.3 is 15.0 Å². The van der Waals surface area contributed by atoms with Crippen molar-refractivity contribution in [3.8, 4) is 0 Å². The lowest BCUT2D eigenvalue weighted by atomic mass is 10.2. The minimum absolute atomic E-state index is 0.00209. The van der Waals surface area contributed by atoms with Crippen molar-refractivity contribution in [1.82, 2.24) is 19.9 Å². The largest absolute Gasteiger partial charge is 0.444 e. The molecule has 2 aromatic rings. The highest BCUT2D eigenvalue weighted by Gasteiger charge is 2.28. The summed E-state index contributed by atoms with van der Waals surface area (Å²) in [7, 11) is 0. The first-order chi connectivity index (χ1) is 11.7. The summed E-state index contributed by atoms with van der Waals surface area (Å²) in [5, 5.41) is 8.02. The first kappa shape index (κ1) is 17.7. The molecule has 1 amide bonds. The third kappa shape index (κ3) is 4.09. The average molecular weight is 365 g/mol. The topological polar surface area (TPSA) is 88.8 Å². The van der Waals surface area contributed by atoms with Crippen LogP contribution in [0.5, 0.6) is 0 Å². The van der Waals surface area contributed by atoms with Crippen LogP contribution in [0.2, 0.25) is 0 Å². The van der Waals surface area contributed by atoms with Crippen molar-refractivity contribution >= 4 is 27.5 Å². The number of amides is 1. The van der Waals surface area contributed by atoms with Crippen LogP contribution in [0, 0.1) is 0 Å². The first-order valence-corrected chi connectivity index (χ1v) is 9.21. The van der Waals surface area contributed by atoms with E-state index in [-0.39, 0.29) is 11.6 Å². The predicted octanol–water partition coefficient (Wildman–Crippen LogP) is 1.82. The summed E-state index contributed by atoms with van der Waals surface area (Å²) >= 11 is 1.39. The minimum atomic E-state index is -0.515. The second kappa shape index (κ2) is 6.62. The first-order valence-electron chi connectivity index (χ1n) is 8.39. The predicted molar refractivity (Wildman–Crippen MR) is 96.5 cm³/mol. The molecule has 136 valence electrons. The molecule has 0 bridgehead atoms. The van der Waals surface area contributed by atoms with Crippen molar-refractivity contribution in [2.45, 2.75) is 52.2 Å². The normalized spacial score (nSPS) is 17.9. The number of carbonyl (C=O) groups is 1. The van der Waals surface area contributed by atoms with Gasteiger partial charge in [0.1, 0.15) is 5.60 Å². The van der Waals surface area contributed by atoms with Gasteiger partial charge in [-0.2, -0.15) is 4.52 Å². The van der Waals surface area contributed by atoms with Crippen LogP contribution in [0.3, 0.4) is 0 Å². The van der Waals surface area contributed by atoms with Crippen LogP contribution < -0.4 is 15.8 Å². The standard InChI is InChI=1S/C16H23N5O3S/c1-5-10-8-12(22)21-13(17-10)25-14(19-21)20-7-6-11(9-20)18-15(23)24-16(2,3)4/h8,11H,5-7,9H2,1-4H3,(H,18,23). The molecule has 3 rings (SSSR count). The fourth-order valence-corrected chi connectivity index (χ4v) is 3.64. The molecule has 25 heavy (non-hydrogen) atoms. The zero-order valence-electron chi connectivity index (χ0n) is 14.9. The third-order valence-corrected chi connectivity index (χ3v) is 4.80. The van der Waals surface area contributed by atoms with Gasteiger partial charge in [-0.3, -0.25) is 4.79 Å². The van der Waals surface area contributed by atoms with E-state index in [2.05, 4.69) is 20.3 Å². The van der Waals surface area contributed by atoms with Gasteiger partial charge in [-0.25, -0.2) is 9.78 Å². The van der Waals surface area contributed by atoms with Gasteiger partial charge >= 0.3 is 6.09 Å². The summed E-state index contributed by atoms with van der Waals surface area (Å²) in [6.07, 6.45) is 1.11. The smallest absolute Gasteiger partial charge is 0.407 e. The van der Waals surface area contributed by atoms with Crippen molar-refractivity contribution in [3.63, 3.8) is 0 Å². The molecule has 1 N–H and O–H groups in total. The van der Waals surface area contributed by atoms with Gasteiger partial charge in [0.05, 0.1) is 6.04 Å². The van der Waals surface area contributed by atoms with E-state index < -0.39 is 11.7 Å². The molecule has 0 aliphatic carbocycles. The Morgan fingerprint density at radius 1 is 1.48 bits per heavy atom. The van der Waals surface area contributed by atoms with Crippen LogP contribution in [-0.2, 0) is 11.2 Å². The molecule has 8 nitrogen and oxygen atoms in total. The van der Waals surface area contributed by atoms with Crippen molar-refractivity contribution in [3.05, 3.63) is 22.1 Å². The van der Waals surface area contributed by atoms with E-state index in [1.165, 1.54) is 21.9 Å². The molecule has 3 heterocycles. The van der Waals surface area contributed by atoms with Gasteiger partial charge in [0.2, 0.25) is 10.1 Å². The number of nitrogens with one attached hydrogen (secondary N) is 1. The molecule has 0 saturated carbocycles. The molecule has 1 aliphatic heterocycles. The number of aryl methyl sites for hydroxylation is 1. The van der Waals surface area contributed by atoms with E-state index in [1.807, 2.05) is 27.7 Å². The fraction of sp³-hybridized carbons (Fsp3) is 0.625. The number of carbonyl (C=O) groups excluding carboxylic acids is 1. The SMILES string of the molecule is CCc1cc(=O)n2nc(N3CCC(NC(=O)OC(C)(C)C)C3)sc2n1. The number of anilines is 1. The van der Waals surface area contributed by atoms with Gasteiger partial charge in [0.15, 0.2) is 0 Å². The highest BCUT2D eigenvalue weighted by Crippen LogP contribution is 2.25. The van der Waals surface area contributed by atoms with Crippen LogP contribution in [0.25, 0.3) is 4.96 Å². The highest BCUT2D eigenvalue weighted by atomic mass is 32.1. The zero-order valence-corrected chi connectivity index (χ0v) is 15.7. The molecular weight excluding hydrogens is 342 g/mol. The van der Waals surface area contributed by atoms with E-state index in [4.69, 9.17) is 4.74 Å². The van der Waals surface area contributed by atoms with Crippen molar-refractivity contribution < 1.29 is 9.53 Å². The monoisotopic (exact) mass is 365 g/mol. The van der Waals surface area contributed by atoms with Crippen molar-refractivity contribution in [2.75, 3.05) is 18.0 Å². The second-order valence-electron chi connectivity index (χ2n) is 7.10. The lowest BCUT2D eigenvalue weighted by molar-refractivity contribution is 0.0509. The summed E-state index contributed by atoms with van der Waals surface area (Å²) in [6, 6.07) is 1.52. The summed E-state index contributed by atoms with van der Waals surface area (Å²) < 4.78 is 6.63. The van der Waals surface area contributed by atoms with Crippen LogP contribution in [0.4, 0.5) is 9.93 Å². The van der Waals surface area contributed by atoms with E-state index in [1.54, 1.807) is 0 Å². The summed E-state index contributed by atoms with van der Waals surface area (Å²) in [6.45, 7) is 8.87. The van der Waals surface area contributed by atoms with Crippen LogP contribution >= 0.6 is 11.3 Å². The second-order valence-corrected chi connectivity index (χ2v) is 8.03. The van der Waals surface area contributed by atoms with Crippen LogP contribution in [-0.4, -0.2) is 45.4 Å². The molecule has 1 aliphatic rings. The van der Waals surface area contributed by atoms with Crippen molar-refractivity contribution in [1.29, 1.82) is 0 Å². The van der Waals surface area contributed by atoms with E-state index in [0.717, 1.165) is 23.8 Å². The number of nitrogens with zero attached hydrogens (tertiary/aromatic N) is 4. The number of ether oxygens (including phenoxy) is 1. The number of alkyl carbamates (subject to hydrolysis) is 1. The Bertz CT molecular complexity index is 838. The highest BCUT2D eigenvalue weighted by molar-refractivity contribution is 7.20. The molecule has 1 atom stereocenters. The van der Waals surface area contributed by atoms with Gasteiger partial charge in [0, 0.05) is 24.8 Å². The molecule has 9 heteroatoms. The maximum atomic E-state index is 12.1. The van der Waals surface area contributed by atoms with Crippen molar-refractivity contribution in [2.24, 2.45) is 0 Å². The van der Waals surface area contributed by atoms with Gasteiger partial charge in [-0.05, 0) is 33.6 Å². The molecule has 1 saturated heterocycles. The number of hydrogen-bond acceptors (Lipinski definition) is 7. The molecule has 1 unspecified atom stereocenters. The maximum Gasteiger partial charge on any atom is 0.407 e. The molecule has 0 spiro atoms. The zero-order chi connectivity index (χ0) is 18.2. The molecular formula is C16H23N5O3S. The number of hydrogen-bond donors (Lipinski definition) is 1. The Balaban J connectivity index is 1.70. The summed E-state index contributed by atoms with van der Waals surface area (Å²) in [5.41, 5.74) is 0.0947. The quantitative estimate of drug-likeness (QED) is 0.892. The Hall–Kier alpha value is -2.16.